The maximum Gasteiger partial charge on any atom is -0.0147 e. The van der Waals surface area contributed by atoms with Gasteiger partial charge in [0.25, 0.3) is 0 Å². The Hall–Kier alpha value is -2.34. The highest BCUT2D eigenvalue weighted by Crippen LogP contribution is 2.29. The van der Waals surface area contributed by atoms with Gasteiger partial charge in [-0.05, 0) is 60.9 Å². The van der Waals surface area contributed by atoms with E-state index in [0.717, 1.165) is 12.8 Å². The van der Waals surface area contributed by atoms with Crippen molar-refractivity contribution in [3.63, 3.8) is 0 Å². The Morgan fingerprint density at radius 2 is 1.39 bits per heavy atom. The van der Waals surface area contributed by atoms with Crippen LogP contribution in [0.25, 0.3) is 11.1 Å². The lowest BCUT2D eigenvalue weighted by molar-refractivity contribution is 0.821. The normalized spacial score (nSPS) is 10.7. The number of hydrogen-bond acceptors (Lipinski definition) is 0. The quantitative estimate of drug-likeness (QED) is 0.530. The molecule has 0 fully saturated rings. The van der Waals surface area contributed by atoms with Crippen LogP contribution in [0.2, 0.25) is 0 Å². The first-order valence-electron chi connectivity index (χ1n) is 8.43. The summed E-state index contributed by atoms with van der Waals surface area (Å²) in [4.78, 5) is 0. The zero-order valence-electron chi connectivity index (χ0n) is 14.0. The summed E-state index contributed by atoms with van der Waals surface area (Å²) in [5.74, 6) is 0. The van der Waals surface area contributed by atoms with E-state index in [1.54, 1.807) is 0 Å². The van der Waals surface area contributed by atoms with Gasteiger partial charge in [-0.15, -0.1) is 0 Å². The van der Waals surface area contributed by atoms with Gasteiger partial charge >= 0.3 is 0 Å². The van der Waals surface area contributed by atoms with E-state index < -0.39 is 0 Å². The van der Waals surface area contributed by atoms with Crippen molar-refractivity contribution < 1.29 is 0 Å². The molecule has 3 rings (SSSR count). The summed E-state index contributed by atoms with van der Waals surface area (Å²) in [7, 11) is 0. The highest BCUT2D eigenvalue weighted by atomic mass is 14.1. The van der Waals surface area contributed by atoms with Crippen LogP contribution >= 0.6 is 0 Å². The first-order valence-corrected chi connectivity index (χ1v) is 8.43. The van der Waals surface area contributed by atoms with Crippen molar-refractivity contribution in [2.45, 2.75) is 33.1 Å². The molecule has 0 aromatic heterocycles. The molecule has 0 heterocycles. The number of benzene rings is 3. The fraction of sp³-hybridized carbons (Fsp3) is 0.217. The molecule has 0 unspecified atom stereocenters. The third-order valence-electron chi connectivity index (χ3n) is 4.45. The second-order valence-electron chi connectivity index (χ2n) is 6.31. The summed E-state index contributed by atoms with van der Waals surface area (Å²) in [5, 5.41) is 0. The molecule has 0 amide bonds. The fourth-order valence-corrected chi connectivity index (χ4v) is 3.16. The summed E-state index contributed by atoms with van der Waals surface area (Å²) in [6, 6.07) is 26.3. The van der Waals surface area contributed by atoms with E-state index in [2.05, 4.69) is 86.6 Å². The summed E-state index contributed by atoms with van der Waals surface area (Å²) < 4.78 is 0. The standard InChI is InChI=1S/C23H24/c1-18-15-16-21(13-8-12-20-10-4-3-5-11-20)23(17-18)22-14-7-6-9-19(22)2/h3-7,9-11,14-17H,8,12-13H2,1-2H3. The molecular weight excluding hydrogens is 276 g/mol. The maximum atomic E-state index is 2.33. The SMILES string of the molecule is Cc1ccc(CCCc2ccccc2)c(-c2ccccc2C)c1. The number of hydrogen-bond donors (Lipinski definition) is 0. The van der Waals surface area contributed by atoms with Gasteiger partial charge in [-0.2, -0.15) is 0 Å². The Balaban J connectivity index is 1.81. The predicted octanol–water partition coefficient (Wildman–Crippen LogP) is 6.15. The van der Waals surface area contributed by atoms with Crippen molar-refractivity contribution >= 4 is 0 Å². The van der Waals surface area contributed by atoms with Crippen molar-refractivity contribution in [3.05, 3.63) is 95.1 Å². The van der Waals surface area contributed by atoms with E-state index in [0.29, 0.717) is 0 Å². The van der Waals surface area contributed by atoms with Gasteiger partial charge in [0.1, 0.15) is 0 Å². The second kappa shape index (κ2) is 7.28. The first kappa shape index (κ1) is 15.6. The Morgan fingerprint density at radius 3 is 2.17 bits per heavy atom. The van der Waals surface area contributed by atoms with Crippen molar-refractivity contribution in [2.24, 2.45) is 0 Å². The molecule has 23 heavy (non-hydrogen) atoms. The van der Waals surface area contributed by atoms with Crippen molar-refractivity contribution in [1.29, 1.82) is 0 Å². The third kappa shape index (κ3) is 3.90. The van der Waals surface area contributed by atoms with Gasteiger partial charge in [-0.25, -0.2) is 0 Å². The molecule has 0 nitrogen and oxygen atoms in total. The molecule has 0 radical (unpaired) electrons. The molecule has 0 saturated carbocycles. The van der Waals surface area contributed by atoms with Gasteiger partial charge in [-0.3, -0.25) is 0 Å². The second-order valence-corrected chi connectivity index (χ2v) is 6.31. The Morgan fingerprint density at radius 1 is 0.652 bits per heavy atom. The Bertz CT molecular complexity index is 769. The molecular formula is C23H24. The number of rotatable bonds is 5. The van der Waals surface area contributed by atoms with Crippen molar-refractivity contribution in [3.8, 4) is 11.1 Å². The minimum absolute atomic E-state index is 1.12. The minimum Gasteiger partial charge on any atom is -0.0622 e. The molecule has 3 aromatic rings. The monoisotopic (exact) mass is 300 g/mol. The van der Waals surface area contributed by atoms with Crippen LogP contribution in [-0.4, -0.2) is 0 Å². The fourth-order valence-electron chi connectivity index (χ4n) is 3.16. The maximum absolute atomic E-state index is 2.33. The van der Waals surface area contributed by atoms with Crippen LogP contribution in [0.15, 0.2) is 72.8 Å². The van der Waals surface area contributed by atoms with Crippen LogP contribution in [0.1, 0.15) is 28.7 Å². The van der Waals surface area contributed by atoms with Gasteiger partial charge in [-0.1, -0.05) is 78.4 Å². The largest absolute Gasteiger partial charge is 0.0622 e. The first-order chi connectivity index (χ1) is 11.2. The molecule has 0 N–H and O–H groups in total. The molecule has 0 spiro atoms. The van der Waals surface area contributed by atoms with Crippen molar-refractivity contribution in [2.75, 3.05) is 0 Å². The molecule has 0 saturated heterocycles. The highest BCUT2D eigenvalue weighted by molar-refractivity contribution is 5.71. The van der Waals surface area contributed by atoms with E-state index in [1.807, 2.05) is 0 Å². The lowest BCUT2D eigenvalue weighted by Crippen LogP contribution is -1.95. The Labute approximate surface area is 139 Å². The molecule has 116 valence electrons. The summed E-state index contributed by atoms with van der Waals surface area (Å²) in [6.07, 6.45) is 3.45. The van der Waals surface area contributed by atoms with Crippen LogP contribution in [-0.2, 0) is 12.8 Å². The van der Waals surface area contributed by atoms with E-state index >= 15 is 0 Å². The van der Waals surface area contributed by atoms with Crippen LogP contribution in [0.5, 0.6) is 0 Å². The van der Waals surface area contributed by atoms with Gasteiger partial charge in [0, 0.05) is 0 Å². The van der Waals surface area contributed by atoms with Crippen LogP contribution in [0.3, 0.4) is 0 Å². The molecule has 0 heteroatoms. The Kier molecular flexibility index (Phi) is 4.92. The average molecular weight is 300 g/mol. The lowest BCUT2D eigenvalue weighted by atomic mass is 9.91. The molecule has 0 atom stereocenters. The van der Waals surface area contributed by atoms with E-state index in [-0.39, 0.29) is 0 Å². The van der Waals surface area contributed by atoms with E-state index in [4.69, 9.17) is 0 Å². The van der Waals surface area contributed by atoms with E-state index in [1.165, 1.54) is 39.8 Å². The average Bonchev–Trinajstić information content (AvgIpc) is 2.58. The van der Waals surface area contributed by atoms with Crippen LogP contribution in [0, 0.1) is 13.8 Å². The smallest absolute Gasteiger partial charge is 0.0147 e. The van der Waals surface area contributed by atoms with E-state index in [9.17, 15) is 0 Å². The summed E-state index contributed by atoms with van der Waals surface area (Å²) >= 11 is 0. The molecule has 0 aliphatic carbocycles. The minimum atomic E-state index is 1.12. The van der Waals surface area contributed by atoms with Crippen LogP contribution in [0.4, 0.5) is 0 Å². The molecule has 3 aromatic carbocycles. The molecule has 0 bridgehead atoms. The van der Waals surface area contributed by atoms with Crippen LogP contribution < -0.4 is 0 Å². The summed E-state index contributed by atoms with van der Waals surface area (Å²) in [6.45, 7) is 4.38. The predicted molar refractivity (Wildman–Crippen MR) is 99.8 cm³/mol. The van der Waals surface area contributed by atoms with Gasteiger partial charge in [0.15, 0.2) is 0 Å². The molecule has 0 aliphatic heterocycles. The van der Waals surface area contributed by atoms with Crippen molar-refractivity contribution in [1.82, 2.24) is 0 Å². The molecule has 0 aliphatic rings. The zero-order valence-corrected chi connectivity index (χ0v) is 14.0. The highest BCUT2D eigenvalue weighted by Gasteiger charge is 2.08. The van der Waals surface area contributed by atoms with Gasteiger partial charge < -0.3 is 0 Å². The van der Waals surface area contributed by atoms with Gasteiger partial charge in [0.05, 0.1) is 0 Å². The third-order valence-corrected chi connectivity index (χ3v) is 4.45. The van der Waals surface area contributed by atoms with Gasteiger partial charge in [0.2, 0.25) is 0 Å². The number of aryl methyl sites for hydroxylation is 4. The summed E-state index contributed by atoms with van der Waals surface area (Å²) in [5.41, 5.74) is 8.33. The topological polar surface area (TPSA) is 0 Å². The zero-order chi connectivity index (χ0) is 16.1. The lowest BCUT2D eigenvalue weighted by Gasteiger charge is -2.13.